The first-order valence-electron chi connectivity index (χ1n) is 12.9. The Morgan fingerprint density at radius 3 is 2.52 bits per heavy atom. The van der Waals surface area contributed by atoms with E-state index in [0.717, 1.165) is 12.1 Å². The van der Waals surface area contributed by atoms with Gasteiger partial charge in [0.15, 0.2) is 0 Å². The molecule has 2 heterocycles. The minimum absolute atomic E-state index is 0.0000335. The third kappa shape index (κ3) is 6.52. The summed E-state index contributed by atoms with van der Waals surface area (Å²) in [5.41, 5.74) is 4.61. The molecule has 0 spiro atoms. The van der Waals surface area contributed by atoms with Gasteiger partial charge in [0.25, 0.3) is 0 Å². The highest BCUT2D eigenvalue weighted by Crippen LogP contribution is 2.31. The maximum Gasteiger partial charge on any atom is 0.416 e. The van der Waals surface area contributed by atoms with Gasteiger partial charge in [-0.3, -0.25) is 9.59 Å². The van der Waals surface area contributed by atoms with Crippen LogP contribution in [0.1, 0.15) is 42.4 Å². The van der Waals surface area contributed by atoms with E-state index in [0.29, 0.717) is 31.9 Å². The molecule has 4 rings (SSSR count). The van der Waals surface area contributed by atoms with Crippen molar-refractivity contribution in [2.75, 3.05) is 19.6 Å². The molecule has 3 N–H and O–H groups in total. The Hall–Kier alpha value is -3.74. The van der Waals surface area contributed by atoms with Crippen LogP contribution in [-0.4, -0.2) is 64.4 Å². The van der Waals surface area contributed by atoms with Gasteiger partial charge in [0.1, 0.15) is 23.8 Å². The molecule has 8 nitrogen and oxygen atoms in total. The van der Waals surface area contributed by atoms with Gasteiger partial charge < -0.3 is 25.8 Å². The van der Waals surface area contributed by atoms with Crippen LogP contribution in [0.3, 0.4) is 0 Å². The van der Waals surface area contributed by atoms with E-state index in [-0.39, 0.29) is 49.0 Å². The molecule has 0 aliphatic carbocycles. The summed E-state index contributed by atoms with van der Waals surface area (Å²) in [5.74, 6) is -2.28. The highest BCUT2D eigenvalue weighted by atomic mass is 19.4. The predicted octanol–water partition coefficient (Wildman–Crippen LogP) is 3.59. The smallest absolute Gasteiger partial charge is 0.334 e. The van der Waals surface area contributed by atoms with E-state index < -0.39 is 48.2 Å². The molecule has 0 saturated carbocycles. The fourth-order valence-electron chi connectivity index (χ4n) is 5.15. The van der Waals surface area contributed by atoms with E-state index in [1.54, 1.807) is 12.1 Å². The number of amides is 4. The van der Waals surface area contributed by atoms with Crippen molar-refractivity contribution < 1.29 is 36.3 Å². The fourth-order valence-corrected chi connectivity index (χ4v) is 5.15. The Balaban J connectivity index is 1.56. The monoisotopic (exact) mass is 567 g/mol. The predicted molar refractivity (Wildman–Crippen MR) is 134 cm³/mol. The van der Waals surface area contributed by atoms with Crippen molar-refractivity contribution in [3.63, 3.8) is 0 Å². The maximum absolute atomic E-state index is 14.4. The van der Waals surface area contributed by atoms with Crippen LogP contribution in [0.2, 0.25) is 0 Å². The zero-order chi connectivity index (χ0) is 29.0. The average molecular weight is 568 g/mol. The lowest BCUT2D eigenvalue weighted by Crippen LogP contribution is -2.71. The molecule has 40 heavy (non-hydrogen) atoms. The van der Waals surface area contributed by atoms with E-state index in [9.17, 15) is 36.3 Å². The van der Waals surface area contributed by atoms with Gasteiger partial charge in [0.2, 0.25) is 11.8 Å². The number of fused-ring (bicyclic) bond motifs is 1. The molecule has 2 fully saturated rings. The lowest BCUT2D eigenvalue weighted by Gasteiger charge is -2.52. The van der Waals surface area contributed by atoms with E-state index in [1.807, 2.05) is 0 Å². The number of halogens is 5. The van der Waals surface area contributed by atoms with Crippen LogP contribution in [0.4, 0.5) is 26.7 Å². The summed E-state index contributed by atoms with van der Waals surface area (Å²) in [6.07, 6.45) is -4.25. The average Bonchev–Trinajstić information content (AvgIpc) is 2.90. The summed E-state index contributed by atoms with van der Waals surface area (Å²) < 4.78 is 67.5. The van der Waals surface area contributed by atoms with Crippen molar-refractivity contribution >= 4 is 17.8 Å². The Labute approximate surface area is 227 Å². The molecule has 2 atom stereocenters. The third-order valence-electron chi connectivity index (χ3n) is 7.09. The molecule has 4 amide bonds. The minimum atomic E-state index is -4.76. The molecule has 2 aliphatic heterocycles. The summed E-state index contributed by atoms with van der Waals surface area (Å²) in [6.45, 7) is -0.162. The van der Waals surface area contributed by atoms with E-state index in [1.165, 1.54) is 26.8 Å². The van der Waals surface area contributed by atoms with Crippen LogP contribution < -0.4 is 11.1 Å². The molecular formula is C27H30F5N5O3. The third-order valence-corrected chi connectivity index (χ3v) is 7.09. The summed E-state index contributed by atoms with van der Waals surface area (Å²) in [7, 11) is 0. The minimum Gasteiger partial charge on any atom is -0.334 e. The van der Waals surface area contributed by atoms with E-state index >= 15 is 0 Å². The van der Waals surface area contributed by atoms with Gasteiger partial charge in [-0.05, 0) is 55.6 Å². The highest BCUT2D eigenvalue weighted by molar-refractivity contribution is 5.91. The number of carbonyl (C=O) groups excluding carboxylic acids is 3. The van der Waals surface area contributed by atoms with E-state index in [4.69, 9.17) is 5.73 Å². The van der Waals surface area contributed by atoms with Crippen LogP contribution in [0, 0.1) is 11.6 Å². The van der Waals surface area contributed by atoms with Gasteiger partial charge in [-0.2, -0.15) is 13.2 Å². The second-order valence-corrected chi connectivity index (χ2v) is 9.84. The summed E-state index contributed by atoms with van der Waals surface area (Å²) in [6, 6.07) is 6.41. The lowest BCUT2D eigenvalue weighted by molar-refractivity contribution is -0.167. The van der Waals surface area contributed by atoms with Crippen LogP contribution >= 0.6 is 0 Å². The van der Waals surface area contributed by atoms with Gasteiger partial charge in [-0.25, -0.2) is 13.6 Å². The molecule has 2 aromatic carbocycles. The number of piperazine rings is 1. The van der Waals surface area contributed by atoms with Gasteiger partial charge in [-0.1, -0.05) is 18.2 Å². The SMILES string of the molecule is NCCCC[C@H]1C(=O)N(Cc2ccccc2F)C[C@@H]2N(C(=O)NCc3cc(F)cc(C(F)(F)F)c3)CCC(=O)N21. The number of unbranched alkanes of at least 4 members (excludes halogenated alkanes) is 1. The molecule has 2 saturated heterocycles. The molecule has 216 valence electrons. The Morgan fingerprint density at radius 2 is 1.82 bits per heavy atom. The number of benzene rings is 2. The fraction of sp³-hybridized carbons (Fsp3) is 0.444. The first-order valence-corrected chi connectivity index (χ1v) is 12.9. The Bertz CT molecular complexity index is 1260. The van der Waals surface area contributed by atoms with Crippen molar-refractivity contribution in [2.45, 2.75) is 57.2 Å². The topological polar surface area (TPSA) is 99.0 Å². The number of nitrogens with zero attached hydrogens (tertiary/aromatic N) is 3. The lowest BCUT2D eigenvalue weighted by atomic mass is 9.98. The Kier molecular flexibility index (Phi) is 8.92. The number of alkyl halides is 3. The number of hydrogen-bond donors (Lipinski definition) is 2. The molecule has 0 unspecified atom stereocenters. The normalized spacial score (nSPS) is 19.6. The molecular weight excluding hydrogens is 537 g/mol. The van der Waals surface area contributed by atoms with Crippen LogP contribution in [0.5, 0.6) is 0 Å². The molecule has 0 bridgehead atoms. The number of nitrogens with one attached hydrogen (secondary N) is 1. The first kappa shape index (κ1) is 29.2. The standard InChI is InChI=1S/C27H30F5N5O3/c28-20-12-17(11-19(13-20)27(30,31)32)14-34-26(40)36-10-8-24(38)37-22(7-3-4-9-33)25(39)35(16-23(36)37)15-18-5-1-2-6-21(18)29/h1-2,5-6,11-13,22-23H,3-4,7-10,14-16,33H2,(H,34,40)/t22-,23+/m0/s1. The zero-order valence-electron chi connectivity index (χ0n) is 21.6. The van der Waals surface area contributed by atoms with Crippen molar-refractivity contribution in [1.82, 2.24) is 20.0 Å². The number of hydrogen-bond acceptors (Lipinski definition) is 4. The van der Waals surface area contributed by atoms with Gasteiger partial charge in [-0.15, -0.1) is 0 Å². The molecule has 2 aromatic rings. The van der Waals surface area contributed by atoms with Crippen LogP contribution in [0.25, 0.3) is 0 Å². The zero-order valence-corrected chi connectivity index (χ0v) is 21.6. The maximum atomic E-state index is 14.4. The van der Waals surface area contributed by atoms with Crippen molar-refractivity contribution in [2.24, 2.45) is 5.73 Å². The largest absolute Gasteiger partial charge is 0.416 e. The van der Waals surface area contributed by atoms with Crippen molar-refractivity contribution in [1.29, 1.82) is 0 Å². The quantitative estimate of drug-likeness (QED) is 0.376. The first-order chi connectivity index (χ1) is 19.0. The highest BCUT2D eigenvalue weighted by Gasteiger charge is 2.48. The van der Waals surface area contributed by atoms with Crippen molar-refractivity contribution in [3.8, 4) is 0 Å². The second-order valence-electron chi connectivity index (χ2n) is 9.84. The van der Waals surface area contributed by atoms with Gasteiger partial charge >= 0.3 is 12.2 Å². The van der Waals surface area contributed by atoms with Crippen LogP contribution in [-0.2, 0) is 28.9 Å². The number of nitrogens with two attached hydrogens (primary N) is 1. The molecule has 2 aliphatic rings. The number of rotatable bonds is 8. The van der Waals surface area contributed by atoms with Gasteiger partial charge in [0.05, 0.1) is 12.1 Å². The second kappa shape index (κ2) is 12.2. The Morgan fingerprint density at radius 1 is 1.07 bits per heavy atom. The molecule has 13 heteroatoms. The van der Waals surface area contributed by atoms with Crippen molar-refractivity contribution in [3.05, 3.63) is 70.8 Å². The molecule has 0 aromatic heterocycles. The number of carbonyl (C=O) groups is 3. The van der Waals surface area contributed by atoms with E-state index in [2.05, 4.69) is 5.32 Å². The number of urea groups is 1. The summed E-state index contributed by atoms with van der Waals surface area (Å²) in [4.78, 5) is 43.9. The van der Waals surface area contributed by atoms with Gasteiger partial charge in [0, 0.05) is 31.6 Å². The summed E-state index contributed by atoms with van der Waals surface area (Å²) in [5, 5.41) is 2.51. The molecule has 0 radical (unpaired) electrons. The van der Waals surface area contributed by atoms with Crippen LogP contribution in [0.15, 0.2) is 42.5 Å². The summed E-state index contributed by atoms with van der Waals surface area (Å²) >= 11 is 0.